The second-order valence-electron chi connectivity index (χ2n) is 5.78. The highest BCUT2D eigenvalue weighted by molar-refractivity contribution is 6.33. The van der Waals surface area contributed by atoms with Gasteiger partial charge in [-0.15, -0.1) is 0 Å². The number of pyridine rings is 1. The normalized spacial score (nSPS) is 13.1. The lowest BCUT2D eigenvalue weighted by molar-refractivity contribution is 0.0949. The largest absolute Gasteiger partial charge is 0.384 e. The fraction of sp³-hybridized carbons (Fsp3) is 0.333. The Bertz CT molecular complexity index is 731. The smallest absolute Gasteiger partial charge is 0.255 e. The lowest BCUT2D eigenvalue weighted by Crippen LogP contribution is -2.26. The van der Waals surface area contributed by atoms with E-state index in [0.717, 1.165) is 49.3 Å². The topological polar surface area (TPSA) is 54.0 Å². The van der Waals surface area contributed by atoms with Crippen molar-refractivity contribution in [1.29, 1.82) is 0 Å². The summed E-state index contributed by atoms with van der Waals surface area (Å²) in [6, 6.07) is 8.28. The number of aromatic nitrogens is 1. The van der Waals surface area contributed by atoms with Crippen LogP contribution in [0.1, 0.15) is 34.6 Å². The Morgan fingerprint density at radius 2 is 2.21 bits per heavy atom. The fourth-order valence-electron chi connectivity index (χ4n) is 2.79. The first kappa shape index (κ1) is 16.7. The number of nitrogens with zero attached hydrogens (tertiary/aromatic N) is 1. The van der Waals surface area contributed by atoms with Crippen LogP contribution in [0.15, 0.2) is 30.3 Å². The van der Waals surface area contributed by atoms with Gasteiger partial charge in [-0.3, -0.25) is 9.78 Å². The van der Waals surface area contributed by atoms with Gasteiger partial charge in [0.15, 0.2) is 0 Å². The minimum absolute atomic E-state index is 0.0999. The van der Waals surface area contributed by atoms with Gasteiger partial charge in [0.05, 0.1) is 22.0 Å². The van der Waals surface area contributed by atoms with Crippen LogP contribution in [0.25, 0.3) is 0 Å². The van der Waals surface area contributed by atoms with Crippen molar-refractivity contribution < 1.29 is 9.18 Å². The average Bonchev–Trinajstić information content (AvgIpc) is 2.58. The van der Waals surface area contributed by atoms with Gasteiger partial charge in [-0.1, -0.05) is 17.7 Å². The Kier molecular flexibility index (Phi) is 5.30. The van der Waals surface area contributed by atoms with Gasteiger partial charge in [0.1, 0.15) is 5.82 Å². The number of amides is 1. The zero-order chi connectivity index (χ0) is 16.9. The number of rotatable bonds is 5. The number of benzene rings is 1. The third-order valence-corrected chi connectivity index (χ3v) is 4.34. The Morgan fingerprint density at radius 1 is 1.33 bits per heavy atom. The molecule has 0 radical (unpaired) electrons. The predicted molar refractivity (Wildman–Crippen MR) is 93.1 cm³/mol. The molecular formula is C18H19ClFN3O. The maximum atomic E-state index is 13.7. The molecule has 0 aliphatic carbocycles. The van der Waals surface area contributed by atoms with Crippen molar-refractivity contribution in [3.63, 3.8) is 0 Å². The van der Waals surface area contributed by atoms with Gasteiger partial charge in [-0.25, -0.2) is 4.39 Å². The molecule has 126 valence electrons. The Labute approximate surface area is 145 Å². The standard InChI is InChI=1S/C18H19ClFN3O/c19-13-5-1-6-14(20)17(13)18(24)22-11-2-4-12-8-9-15-16(23-12)7-3-10-21-15/h1,5-6,8-9,21H,2-4,7,10-11H2,(H,22,24). The van der Waals surface area contributed by atoms with Crippen LogP contribution in [0.2, 0.25) is 5.02 Å². The molecule has 0 bridgehead atoms. The van der Waals surface area contributed by atoms with Crippen molar-refractivity contribution in [2.45, 2.75) is 25.7 Å². The summed E-state index contributed by atoms with van der Waals surface area (Å²) >= 11 is 5.88. The monoisotopic (exact) mass is 347 g/mol. The highest BCUT2D eigenvalue weighted by atomic mass is 35.5. The number of nitrogens with one attached hydrogen (secondary N) is 2. The van der Waals surface area contributed by atoms with Gasteiger partial charge in [-0.05, 0) is 49.9 Å². The first-order chi connectivity index (χ1) is 11.6. The van der Waals surface area contributed by atoms with Crippen molar-refractivity contribution in [3.8, 4) is 0 Å². The zero-order valence-electron chi connectivity index (χ0n) is 13.2. The molecule has 1 aliphatic heterocycles. The number of hydrogen-bond acceptors (Lipinski definition) is 3. The molecular weight excluding hydrogens is 329 g/mol. The fourth-order valence-corrected chi connectivity index (χ4v) is 3.04. The van der Waals surface area contributed by atoms with Gasteiger partial charge in [0, 0.05) is 18.8 Å². The summed E-state index contributed by atoms with van der Waals surface area (Å²) in [5.74, 6) is -1.09. The molecule has 2 aromatic rings. The first-order valence-electron chi connectivity index (χ1n) is 8.10. The van der Waals surface area contributed by atoms with Crippen molar-refractivity contribution >= 4 is 23.2 Å². The quantitative estimate of drug-likeness (QED) is 0.813. The van der Waals surface area contributed by atoms with E-state index in [4.69, 9.17) is 11.6 Å². The van der Waals surface area contributed by atoms with E-state index in [1.165, 1.54) is 18.2 Å². The number of anilines is 1. The summed E-state index contributed by atoms with van der Waals surface area (Å²) in [5.41, 5.74) is 3.14. The number of carbonyl (C=O) groups excluding carboxylic acids is 1. The number of aryl methyl sites for hydroxylation is 2. The molecule has 0 fully saturated rings. The van der Waals surface area contributed by atoms with Crippen LogP contribution in [-0.2, 0) is 12.8 Å². The zero-order valence-corrected chi connectivity index (χ0v) is 14.0. The van der Waals surface area contributed by atoms with Gasteiger partial charge in [-0.2, -0.15) is 0 Å². The van der Waals surface area contributed by atoms with Gasteiger partial charge in [0.25, 0.3) is 5.91 Å². The summed E-state index contributed by atoms with van der Waals surface area (Å²) in [6.07, 6.45) is 3.59. The highest BCUT2D eigenvalue weighted by Gasteiger charge is 2.15. The lowest BCUT2D eigenvalue weighted by Gasteiger charge is -2.17. The highest BCUT2D eigenvalue weighted by Crippen LogP contribution is 2.20. The van der Waals surface area contributed by atoms with Crippen molar-refractivity contribution in [2.24, 2.45) is 0 Å². The Morgan fingerprint density at radius 3 is 3.04 bits per heavy atom. The minimum Gasteiger partial charge on any atom is -0.384 e. The van der Waals surface area contributed by atoms with Crippen LogP contribution in [-0.4, -0.2) is 24.0 Å². The average molecular weight is 348 g/mol. The Balaban J connectivity index is 1.51. The van der Waals surface area contributed by atoms with Crippen LogP contribution in [0.3, 0.4) is 0 Å². The van der Waals surface area contributed by atoms with Gasteiger partial charge >= 0.3 is 0 Å². The van der Waals surface area contributed by atoms with Gasteiger partial charge in [0.2, 0.25) is 0 Å². The summed E-state index contributed by atoms with van der Waals surface area (Å²) in [6.45, 7) is 1.44. The summed E-state index contributed by atoms with van der Waals surface area (Å²) in [5, 5.41) is 6.16. The molecule has 0 atom stereocenters. The van der Waals surface area contributed by atoms with E-state index < -0.39 is 11.7 Å². The molecule has 3 rings (SSSR count). The van der Waals surface area contributed by atoms with Crippen molar-refractivity contribution in [1.82, 2.24) is 10.3 Å². The second kappa shape index (κ2) is 7.62. The molecule has 0 unspecified atom stereocenters. The molecule has 1 amide bonds. The maximum Gasteiger partial charge on any atom is 0.255 e. The van der Waals surface area contributed by atoms with E-state index in [1.807, 2.05) is 6.07 Å². The van der Waals surface area contributed by atoms with Crippen molar-refractivity contribution in [2.75, 3.05) is 18.4 Å². The minimum atomic E-state index is -0.608. The second-order valence-corrected chi connectivity index (χ2v) is 6.19. The van der Waals surface area contributed by atoms with Crippen LogP contribution in [0.5, 0.6) is 0 Å². The molecule has 24 heavy (non-hydrogen) atoms. The molecule has 2 heterocycles. The van der Waals surface area contributed by atoms with E-state index in [-0.39, 0.29) is 10.6 Å². The molecule has 2 N–H and O–H groups in total. The van der Waals surface area contributed by atoms with E-state index in [9.17, 15) is 9.18 Å². The van der Waals surface area contributed by atoms with Crippen LogP contribution >= 0.6 is 11.6 Å². The number of fused-ring (bicyclic) bond motifs is 1. The van der Waals surface area contributed by atoms with Crippen LogP contribution in [0, 0.1) is 5.82 Å². The van der Waals surface area contributed by atoms with Crippen LogP contribution in [0.4, 0.5) is 10.1 Å². The molecule has 1 aromatic carbocycles. The summed E-state index contributed by atoms with van der Waals surface area (Å²) in [7, 11) is 0. The third kappa shape index (κ3) is 3.85. The van der Waals surface area contributed by atoms with Gasteiger partial charge < -0.3 is 10.6 Å². The number of halogens is 2. The third-order valence-electron chi connectivity index (χ3n) is 4.02. The number of carbonyl (C=O) groups is 1. The van der Waals surface area contributed by atoms with Crippen molar-refractivity contribution in [3.05, 3.63) is 58.1 Å². The Hall–Kier alpha value is -2.14. The lowest BCUT2D eigenvalue weighted by atomic mass is 10.1. The molecule has 1 aliphatic rings. The SMILES string of the molecule is O=C(NCCCc1ccc2c(n1)CCCN2)c1c(F)cccc1Cl. The van der Waals surface area contributed by atoms with E-state index in [1.54, 1.807) is 0 Å². The molecule has 0 saturated heterocycles. The van der Waals surface area contributed by atoms with E-state index in [0.29, 0.717) is 6.54 Å². The first-order valence-corrected chi connectivity index (χ1v) is 8.48. The maximum absolute atomic E-state index is 13.7. The van der Waals surface area contributed by atoms with E-state index in [2.05, 4.69) is 21.7 Å². The molecule has 4 nitrogen and oxygen atoms in total. The van der Waals surface area contributed by atoms with E-state index >= 15 is 0 Å². The molecule has 1 aromatic heterocycles. The number of hydrogen-bond donors (Lipinski definition) is 2. The molecule has 6 heteroatoms. The van der Waals surface area contributed by atoms with Crippen LogP contribution < -0.4 is 10.6 Å². The predicted octanol–water partition coefficient (Wildman–Crippen LogP) is 3.59. The molecule has 0 spiro atoms. The summed E-state index contributed by atoms with van der Waals surface area (Å²) in [4.78, 5) is 16.7. The molecule has 0 saturated carbocycles. The summed E-state index contributed by atoms with van der Waals surface area (Å²) < 4.78 is 13.7.